The SMILES string of the molecule is CCOC(=O)C[C@H](c1cccc(OCc2cnc(-c3cc(C)ncc3F)c(Cl)n2)c1)C1CC1. The minimum absolute atomic E-state index is 0.0950. The number of aromatic nitrogens is 3. The number of carbonyl (C=O) groups is 1. The number of nitrogens with zero attached hydrogens (tertiary/aromatic N) is 3. The van der Waals surface area contributed by atoms with Gasteiger partial charge in [0.1, 0.15) is 18.1 Å². The van der Waals surface area contributed by atoms with Gasteiger partial charge in [0.15, 0.2) is 11.0 Å². The van der Waals surface area contributed by atoms with Gasteiger partial charge in [0.2, 0.25) is 0 Å². The Morgan fingerprint density at radius 2 is 2.06 bits per heavy atom. The van der Waals surface area contributed by atoms with Gasteiger partial charge < -0.3 is 9.47 Å². The molecule has 0 spiro atoms. The lowest BCUT2D eigenvalue weighted by molar-refractivity contribution is -0.143. The van der Waals surface area contributed by atoms with E-state index >= 15 is 0 Å². The summed E-state index contributed by atoms with van der Waals surface area (Å²) in [7, 11) is 0. The van der Waals surface area contributed by atoms with Gasteiger partial charge in [-0.3, -0.25) is 14.8 Å². The second kappa shape index (κ2) is 10.3. The number of rotatable bonds is 9. The molecule has 4 rings (SSSR count). The van der Waals surface area contributed by atoms with Crippen LogP contribution in [0.15, 0.2) is 42.7 Å². The Morgan fingerprint density at radius 3 is 2.79 bits per heavy atom. The van der Waals surface area contributed by atoms with E-state index in [0.29, 0.717) is 36.1 Å². The predicted octanol–water partition coefficient (Wildman–Crippen LogP) is 5.67. The number of esters is 1. The maximum atomic E-state index is 14.1. The maximum Gasteiger partial charge on any atom is 0.306 e. The number of benzene rings is 1. The van der Waals surface area contributed by atoms with Crippen molar-refractivity contribution in [3.05, 3.63) is 70.6 Å². The van der Waals surface area contributed by atoms with Crippen LogP contribution in [-0.4, -0.2) is 27.5 Å². The Kier molecular flexibility index (Phi) is 7.18. The van der Waals surface area contributed by atoms with Crippen molar-refractivity contribution >= 4 is 17.6 Å². The van der Waals surface area contributed by atoms with Gasteiger partial charge in [0.25, 0.3) is 0 Å². The van der Waals surface area contributed by atoms with Gasteiger partial charge >= 0.3 is 5.97 Å². The van der Waals surface area contributed by atoms with E-state index in [4.69, 9.17) is 21.1 Å². The molecule has 3 aromatic rings. The average molecular weight is 470 g/mol. The van der Waals surface area contributed by atoms with Gasteiger partial charge in [0, 0.05) is 11.3 Å². The predicted molar refractivity (Wildman–Crippen MR) is 122 cm³/mol. The van der Waals surface area contributed by atoms with Crippen LogP contribution >= 0.6 is 11.6 Å². The van der Waals surface area contributed by atoms with E-state index in [1.54, 1.807) is 13.0 Å². The van der Waals surface area contributed by atoms with E-state index in [2.05, 4.69) is 15.0 Å². The summed E-state index contributed by atoms with van der Waals surface area (Å²) in [6.45, 7) is 4.12. The first-order valence-corrected chi connectivity index (χ1v) is 11.3. The molecule has 0 unspecified atom stereocenters. The molecule has 33 heavy (non-hydrogen) atoms. The monoisotopic (exact) mass is 469 g/mol. The minimum Gasteiger partial charge on any atom is -0.487 e. The van der Waals surface area contributed by atoms with Crippen molar-refractivity contribution in [3.8, 4) is 17.0 Å². The molecule has 1 saturated carbocycles. The standard InChI is InChI=1S/C25H25ClFN3O3/c1-3-32-23(31)11-20(16-7-8-16)17-5-4-6-19(10-17)33-14-18-12-29-24(25(26)30-18)21-9-15(2)28-13-22(21)27/h4-6,9-10,12-13,16,20H,3,7-8,11,14H2,1-2H3/t20-/m0/s1. The fraction of sp³-hybridized carbons (Fsp3) is 0.360. The maximum absolute atomic E-state index is 14.1. The summed E-state index contributed by atoms with van der Waals surface area (Å²) in [5.74, 6) is 0.607. The van der Waals surface area contributed by atoms with Gasteiger partial charge in [-0.05, 0) is 62.3 Å². The molecule has 1 aliphatic carbocycles. The third kappa shape index (κ3) is 5.85. The van der Waals surface area contributed by atoms with Crippen LogP contribution in [0.2, 0.25) is 5.15 Å². The van der Waals surface area contributed by atoms with Crippen LogP contribution in [0.1, 0.15) is 49.1 Å². The first-order chi connectivity index (χ1) is 15.9. The number of aryl methyl sites for hydroxylation is 1. The first-order valence-electron chi connectivity index (χ1n) is 11.0. The summed E-state index contributed by atoms with van der Waals surface area (Å²) < 4.78 is 25.2. The largest absolute Gasteiger partial charge is 0.487 e. The number of hydrogen-bond donors (Lipinski definition) is 0. The number of pyridine rings is 1. The van der Waals surface area contributed by atoms with Crippen LogP contribution in [0.4, 0.5) is 4.39 Å². The van der Waals surface area contributed by atoms with Crippen molar-refractivity contribution < 1.29 is 18.7 Å². The van der Waals surface area contributed by atoms with Crippen LogP contribution in [0, 0.1) is 18.7 Å². The Bertz CT molecular complexity index is 1150. The molecule has 172 valence electrons. The zero-order valence-corrected chi connectivity index (χ0v) is 19.3. The molecule has 0 amide bonds. The summed E-state index contributed by atoms with van der Waals surface area (Å²) in [5, 5.41) is 0.0950. The summed E-state index contributed by atoms with van der Waals surface area (Å²) in [6, 6.07) is 9.34. The fourth-order valence-corrected chi connectivity index (χ4v) is 4.08. The number of halogens is 2. The highest BCUT2D eigenvalue weighted by Crippen LogP contribution is 2.45. The smallest absolute Gasteiger partial charge is 0.306 e. The molecule has 0 bridgehead atoms. The van der Waals surface area contributed by atoms with Crippen molar-refractivity contribution in [3.63, 3.8) is 0 Å². The second-order valence-electron chi connectivity index (χ2n) is 8.12. The van der Waals surface area contributed by atoms with Gasteiger partial charge in [0.05, 0.1) is 31.1 Å². The summed E-state index contributed by atoms with van der Waals surface area (Å²) >= 11 is 6.29. The van der Waals surface area contributed by atoms with Gasteiger partial charge in [-0.1, -0.05) is 23.7 Å². The van der Waals surface area contributed by atoms with E-state index in [9.17, 15) is 9.18 Å². The number of carbonyl (C=O) groups excluding carboxylic acids is 1. The molecule has 1 atom stereocenters. The van der Waals surface area contributed by atoms with Crippen LogP contribution in [0.5, 0.6) is 5.75 Å². The van der Waals surface area contributed by atoms with Crippen molar-refractivity contribution in [2.45, 2.75) is 45.6 Å². The van der Waals surface area contributed by atoms with E-state index in [-0.39, 0.29) is 34.9 Å². The van der Waals surface area contributed by atoms with E-state index in [1.165, 1.54) is 6.20 Å². The quantitative estimate of drug-likeness (QED) is 0.376. The molecule has 0 aliphatic heterocycles. The van der Waals surface area contributed by atoms with Crippen molar-refractivity contribution in [1.29, 1.82) is 0 Å². The van der Waals surface area contributed by atoms with Crippen LogP contribution < -0.4 is 4.74 Å². The highest BCUT2D eigenvalue weighted by molar-refractivity contribution is 6.31. The minimum atomic E-state index is -0.509. The molecule has 0 N–H and O–H groups in total. The highest BCUT2D eigenvalue weighted by Gasteiger charge is 2.34. The second-order valence-corrected chi connectivity index (χ2v) is 8.48. The molecule has 1 fully saturated rings. The molecule has 2 heterocycles. The normalized spacial score (nSPS) is 14.1. The number of ether oxygens (including phenoxy) is 2. The van der Waals surface area contributed by atoms with Crippen molar-refractivity contribution in [2.75, 3.05) is 6.61 Å². The highest BCUT2D eigenvalue weighted by atomic mass is 35.5. The molecular weight excluding hydrogens is 445 g/mol. The zero-order valence-electron chi connectivity index (χ0n) is 18.6. The van der Waals surface area contributed by atoms with Gasteiger partial charge in [-0.25, -0.2) is 9.37 Å². The van der Waals surface area contributed by atoms with Crippen LogP contribution in [-0.2, 0) is 16.1 Å². The molecule has 1 aliphatic rings. The number of hydrogen-bond acceptors (Lipinski definition) is 6. The third-order valence-electron chi connectivity index (χ3n) is 5.58. The lowest BCUT2D eigenvalue weighted by Gasteiger charge is -2.17. The molecule has 6 nitrogen and oxygen atoms in total. The Balaban J connectivity index is 1.46. The molecular formula is C25H25ClFN3O3. The lowest BCUT2D eigenvalue weighted by atomic mass is 9.91. The summed E-state index contributed by atoms with van der Waals surface area (Å²) in [4.78, 5) is 24.6. The molecule has 8 heteroatoms. The molecule has 0 radical (unpaired) electrons. The zero-order chi connectivity index (χ0) is 23.4. The molecule has 0 saturated heterocycles. The van der Waals surface area contributed by atoms with Crippen LogP contribution in [0.25, 0.3) is 11.3 Å². The molecule has 2 aromatic heterocycles. The van der Waals surface area contributed by atoms with Crippen molar-refractivity contribution in [2.24, 2.45) is 5.92 Å². The Hall–Kier alpha value is -3.06. The van der Waals surface area contributed by atoms with E-state index in [0.717, 1.165) is 24.6 Å². The first kappa shape index (κ1) is 23.1. The lowest BCUT2D eigenvalue weighted by Crippen LogP contribution is -2.12. The van der Waals surface area contributed by atoms with Gasteiger partial charge in [-0.2, -0.15) is 0 Å². The van der Waals surface area contributed by atoms with Gasteiger partial charge in [-0.15, -0.1) is 0 Å². The van der Waals surface area contributed by atoms with E-state index < -0.39 is 5.82 Å². The third-order valence-corrected chi connectivity index (χ3v) is 5.85. The summed E-state index contributed by atoms with van der Waals surface area (Å²) in [6.07, 6.45) is 5.27. The molecule has 1 aromatic carbocycles. The van der Waals surface area contributed by atoms with Crippen molar-refractivity contribution in [1.82, 2.24) is 15.0 Å². The Morgan fingerprint density at radius 1 is 1.24 bits per heavy atom. The topological polar surface area (TPSA) is 74.2 Å². The van der Waals surface area contributed by atoms with E-state index in [1.807, 2.05) is 31.2 Å². The van der Waals surface area contributed by atoms with Crippen LogP contribution in [0.3, 0.4) is 0 Å². The average Bonchev–Trinajstić information content (AvgIpc) is 3.64. The summed E-state index contributed by atoms with van der Waals surface area (Å²) in [5.41, 5.74) is 2.75. The fourth-order valence-electron chi connectivity index (χ4n) is 3.82. The Labute approximate surface area is 197 Å².